The molecule has 1 aromatic heterocycles. The minimum atomic E-state index is -0.343. The van der Waals surface area contributed by atoms with Crippen molar-refractivity contribution < 1.29 is 14.3 Å². The van der Waals surface area contributed by atoms with Gasteiger partial charge in [0.2, 0.25) is 5.91 Å². The Morgan fingerprint density at radius 3 is 2.65 bits per heavy atom. The maximum atomic E-state index is 12.2. The number of ether oxygens (including phenoxy) is 1. The van der Waals surface area contributed by atoms with Crippen molar-refractivity contribution in [3.8, 4) is 0 Å². The zero-order valence-electron chi connectivity index (χ0n) is 13.9. The minimum Gasteiger partial charge on any atom is -0.462 e. The van der Waals surface area contributed by atoms with E-state index in [0.717, 1.165) is 29.4 Å². The van der Waals surface area contributed by atoms with Crippen LogP contribution >= 0.6 is 0 Å². The van der Waals surface area contributed by atoms with Gasteiger partial charge in [-0.2, -0.15) is 0 Å². The van der Waals surface area contributed by atoms with E-state index in [1.54, 1.807) is 17.9 Å². The largest absolute Gasteiger partial charge is 0.462 e. The molecule has 1 saturated heterocycles. The Hall–Kier alpha value is -2.30. The Bertz CT molecular complexity index is 776. The molecule has 1 fully saturated rings. The van der Waals surface area contributed by atoms with Crippen molar-refractivity contribution in [3.63, 3.8) is 0 Å². The van der Waals surface area contributed by atoms with Gasteiger partial charge in [0.1, 0.15) is 0 Å². The van der Waals surface area contributed by atoms with Gasteiger partial charge in [0.05, 0.1) is 23.4 Å². The van der Waals surface area contributed by atoms with Crippen LogP contribution in [-0.2, 0) is 23.0 Å². The number of esters is 1. The van der Waals surface area contributed by atoms with Crippen LogP contribution in [0.25, 0.3) is 10.9 Å². The Morgan fingerprint density at radius 2 is 2.04 bits per heavy atom. The van der Waals surface area contributed by atoms with Crippen LogP contribution in [-0.4, -0.2) is 29.6 Å². The third-order valence-electron chi connectivity index (χ3n) is 4.45. The first-order valence-electron chi connectivity index (χ1n) is 8.16. The lowest BCUT2D eigenvalue weighted by molar-refractivity contribution is -0.117. The molecule has 2 aromatic rings. The van der Waals surface area contributed by atoms with E-state index in [0.29, 0.717) is 25.1 Å². The fourth-order valence-corrected chi connectivity index (χ4v) is 3.32. The van der Waals surface area contributed by atoms with Crippen molar-refractivity contribution in [2.45, 2.75) is 33.1 Å². The molecule has 0 unspecified atom stereocenters. The fraction of sp³-hybridized carbons (Fsp3) is 0.444. The van der Waals surface area contributed by atoms with Crippen LogP contribution in [0.2, 0.25) is 0 Å². The highest BCUT2D eigenvalue weighted by Gasteiger charge is 2.26. The molecule has 2 heterocycles. The van der Waals surface area contributed by atoms with E-state index in [9.17, 15) is 9.59 Å². The molecule has 23 heavy (non-hydrogen) atoms. The van der Waals surface area contributed by atoms with Gasteiger partial charge in [-0.1, -0.05) is 6.92 Å². The summed E-state index contributed by atoms with van der Waals surface area (Å²) in [4.78, 5) is 26.2. The summed E-state index contributed by atoms with van der Waals surface area (Å²) in [6.07, 6.45) is 2.32. The van der Waals surface area contributed by atoms with Crippen LogP contribution in [0, 0.1) is 0 Å². The average molecular weight is 314 g/mol. The van der Waals surface area contributed by atoms with Gasteiger partial charge in [-0.25, -0.2) is 4.79 Å². The van der Waals surface area contributed by atoms with Gasteiger partial charge < -0.3 is 14.2 Å². The summed E-state index contributed by atoms with van der Waals surface area (Å²) in [7, 11) is 2.01. The van der Waals surface area contributed by atoms with Crippen LogP contribution in [0.1, 0.15) is 42.7 Å². The van der Waals surface area contributed by atoms with Crippen molar-refractivity contribution in [2.75, 3.05) is 18.1 Å². The molecular formula is C18H22N2O3. The molecule has 0 bridgehead atoms. The fourth-order valence-electron chi connectivity index (χ4n) is 3.32. The van der Waals surface area contributed by atoms with Gasteiger partial charge in [0.15, 0.2) is 0 Å². The van der Waals surface area contributed by atoms with Crippen molar-refractivity contribution in [3.05, 3.63) is 29.5 Å². The van der Waals surface area contributed by atoms with Gasteiger partial charge in [-0.15, -0.1) is 0 Å². The molecule has 0 N–H and O–H groups in total. The van der Waals surface area contributed by atoms with Gasteiger partial charge >= 0.3 is 5.97 Å². The van der Waals surface area contributed by atoms with Gasteiger partial charge in [-0.3, -0.25) is 4.79 Å². The standard InChI is InChI=1S/C18H22N2O3/c1-4-14-10-12-9-13(18(22)23-5-2)11-15(17(12)19(14)3)20-8-6-7-16(20)21/h9-11H,4-8H2,1-3H3. The molecule has 5 heteroatoms. The van der Waals surface area contributed by atoms with E-state index in [1.165, 1.54) is 5.69 Å². The van der Waals surface area contributed by atoms with Gasteiger partial charge in [-0.05, 0) is 38.0 Å². The third-order valence-corrected chi connectivity index (χ3v) is 4.45. The number of aromatic nitrogens is 1. The lowest BCUT2D eigenvalue weighted by Gasteiger charge is -2.19. The number of amides is 1. The highest BCUT2D eigenvalue weighted by molar-refractivity contribution is 6.07. The maximum absolute atomic E-state index is 12.2. The topological polar surface area (TPSA) is 51.5 Å². The van der Waals surface area contributed by atoms with E-state index in [2.05, 4.69) is 17.6 Å². The molecule has 0 atom stereocenters. The van der Waals surface area contributed by atoms with E-state index in [4.69, 9.17) is 4.74 Å². The Labute approximate surface area is 135 Å². The van der Waals surface area contributed by atoms with Crippen LogP contribution in [0.3, 0.4) is 0 Å². The van der Waals surface area contributed by atoms with Crippen LogP contribution in [0.4, 0.5) is 5.69 Å². The normalized spacial score (nSPS) is 14.7. The molecule has 122 valence electrons. The molecule has 0 aliphatic carbocycles. The first kappa shape index (κ1) is 15.6. The van der Waals surface area contributed by atoms with Crippen molar-refractivity contribution in [1.29, 1.82) is 0 Å². The van der Waals surface area contributed by atoms with Crippen LogP contribution < -0.4 is 4.90 Å². The molecule has 3 rings (SSSR count). The average Bonchev–Trinajstić information content (AvgIpc) is 3.10. The highest BCUT2D eigenvalue weighted by Crippen LogP contribution is 2.33. The lowest BCUT2D eigenvalue weighted by atomic mass is 10.1. The van der Waals surface area contributed by atoms with E-state index in [-0.39, 0.29) is 11.9 Å². The maximum Gasteiger partial charge on any atom is 0.338 e. The molecular weight excluding hydrogens is 292 g/mol. The Kier molecular flexibility index (Phi) is 4.11. The molecule has 1 aliphatic rings. The summed E-state index contributed by atoms with van der Waals surface area (Å²) in [6, 6.07) is 5.74. The summed E-state index contributed by atoms with van der Waals surface area (Å²) < 4.78 is 7.25. The van der Waals surface area contributed by atoms with E-state index in [1.807, 2.05) is 13.1 Å². The molecule has 1 amide bonds. The molecule has 1 aliphatic heterocycles. The van der Waals surface area contributed by atoms with Crippen molar-refractivity contribution in [1.82, 2.24) is 4.57 Å². The molecule has 1 aromatic carbocycles. The molecule has 0 saturated carbocycles. The number of aryl methyl sites for hydroxylation is 2. The second-order valence-corrected chi connectivity index (χ2v) is 5.85. The van der Waals surface area contributed by atoms with Gasteiger partial charge in [0, 0.05) is 31.1 Å². The smallest absolute Gasteiger partial charge is 0.338 e. The number of carbonyl (C=O) groups is 2. The number of fused-ring (bicyclic) bond motifs is 1. The van der Waals surface area contributed by atoms with Crippen LogP contribution in [0.5, 0.6) is 0 Å². The quantitative estimate of drug-likeness (QED) is 0.815. The second-order valence-electron chi connectivity index (χ2n) is 5.85. The zero-order chi connectivity index (χ0) is 16.6. The SMILES string of the molecule is CCOC(=O)c1cc(N2CCCC2=O)c2c(c1)cc(CC)n2C. The minimum absolute atomic E-state index is 0.117. The summed E-state index contributed by atoms with van der Waals surface area (Å²) >= 11 is 0. The second kappa shape index (κ2) is 6.07. The molecule has 0 radical (unpaired) electrons. The predicted molar refractivity (Wildman–Crippen MR) is 89.8 cm³/mol. The van der Waals surface area contributed by atoms with E-state index < -0.39 is 0 Å². The van der Waals surface area contributed by atoms with Gasteiger partial charge in [0.25, 0.3) is 0 Å². The number of carbonyl (C=O) groups excluding carboxylic acids is 2. The van der Waals surface area contributed by atoms with Crippen LogP contribution in [0.15, 0.2) is 18.2 Å². The number of nitrogens with zero attached hydrogens (tertiary/aromatic N) is 2. The Balaban J connectivity index is 2.22. The summed E-state index contributed by atoms with van der Waals surface area (Å²) in [5.74, 6) is -0.226. The lowest BCUT2D eigenvalue weighted by Crippen LogP contribution is -2.24. The zero-order valence-corrected chi connectivity index (χ0v) is 13.9. The first-order valence-corrected chi connectivity index (χ1v) is 8.16. The van der Waals surface area contributed by atoms with Crippen molar-refractivity contribution in [2.24, 2.45) is 7.05 Å². The van der Waals surface area contributed by atoms with E-state index >= 15 is 0 Å². The number of anilines is 1. The predicted octanol–water partition coefficient (Wildman–Crippen LogP) is 3.04. The number of benzene rings is 1. The third kappa shape index (κ3) is 2.60. The molecule has 0 spiro atoms. The monoisotopic (exact) mass is 314 g/mol. The summed E-state index contributed by atoms with van der Waals surface area (Å²) in [5, 5.41) is 0.976. The van der Waals surface area contributed by atoms with Crippen molar-refractivity contribution >= 4 is 28.5 Å². The summed E-state index contributed by atoms with van der Waals surface area (Å²) in [6.45, 7) is 4.93. The molecule has 5 nitrogen and oxygen atoms in total. The highest BCUT2D eigenvalue weighted by atomic mass is 16.5. The number of rotatable bonds is 4. The number of hydrogen-bond donors (Lipinski definition) is 0. The first-order chi connectivity index (χ1) is 11.1. The summed E-state index contributed by atoms with van der Waals surface area (Å²) in [5.41, 5.74) is 3.50. The number of hydrogen-bond acceptors (Lipinski definition) is 3. The Morgan fingerprint density at radius 1 is 1.26 bits per heavy atom.